The fourth-order valence-corrected chi connectivity index (χ4v) is 3.46. The Hall–Kier alpha value is -1.15. The third-order valence-electron chi connectivity index (χ3n) is 3.64. The lowest BCUT2D eigenvalue weighted by molar-refractivity contribution is 0.146. The first-order valence-electron chi connectivity index (χ1n) is 7.56. The summed E-state index contributed by atoms with van der Waals surface area (Å²) in [5, 5.41) is 3.35. The van der Waals surface area contributed by atoms with E-state index < -0.39 is 10.0 Å². The van der Waals surface area contributed by atoms with Crippen LogP contribution in [0.15, 0.2) is 29.2 Å². The van der Waals surface area contributed by atoms with E-state index in [1.165, 1.54) is 6.42 Å². The topological polar surface area (TPSA) is 76.7 Å². The highest BCUT2D eigenvalue weighted by Gasteiger charge is 2.17. The Bertz CT molecular complexity index is 539. The summed E-state index contributed by atoms with van der Waals surface area (Å²) in [5.41, 5.74) is 0. The van der Waals surface area contributed by atoms with Crippen molar-refractivity contribution in [3.63, 3.8) is 0 Å². The van der Waals surface area contributed by atoms with Gasteiger partial charge in [-0.25, -0.2) is 13.1 Å². The maximum absolute atomic E-state index is 12.2. The molecular weight excluding hydrogens is 304 g/mol. The summed E-state index contributed by atoms with van der Waals surface area (Å²) in [7, 11) is -1.85. The summed E-state index contributed by atoms with van der Waals surface area (Å²) in [4.78, 5) is 0.256. The van der Waals surface area contributed by atoms with Crippen molar-refractivity contribution in [2.75, 3.05) is 33.4 Å². The summed E-state index contributed by atoms with van der Waals surface area (Å²) in [5.74, 6) is 0.631. The van der Waals surface area contributed by atoms with E-state index in [2.05, 4.69) is 10.0 Å². The van der Waals surface area contributed by atoms with Gasteiger partial charge < -0.3 is 14.8 Å². The van der Waals surface area contributed by atoms with Gasteiger partial charge in [0.15, 0.2) is 0 Å². The lowest BCUT2D eigenvalue weighted by Crippen LogP contribution is -2.30. The monoisotopic (exact) mass is 328 g/mol. The molecule has 0 aliphatic carbocycles. The van der Waals surface area contributed by atoms with Gasteiger partial charge in [-0.1, -0.05) is 0 Å². The number of hydrogen-bond acceptors (Lipinski definition) is 5. The Labute approximate surface area is 132 Å². The van der Waals surface area contributed by atoms with E-state index >= 15 is 0 Å². The zero-order valence-electron chi connectivity index (χ0n) is 12.9. The molecule has 1 atom stereocenters. The van der Waals surface area contributed by atoms with Crippen LogP contribution in [0.5, 0.6) is 5.75 Å². The number of ether oxygens (including phenoxy) is 2. The van der Waals surface area contributed by atoms with Crippen LogP contribution in [0.25, 0.3) is 0 Å². The quantitative estimate of drug-likeness (QED) is 0.665. The minimum atomic E-state index is -3.45. The van der Waals surface area contributed by atoms with Crippen molar-refractivity contribution < 1.29 is 17.9 Å². The lowest BCUT2D eigenvalue weighted by Gasteiger charge is -2.11. The van der Waals surface area contributed by atoms with Gasteiger partial charge in [-0.05, 0) is 50.1 Å². The second-order valence-electron chi connectivity index (χ2n) is 5.29. The van der Waals surface area contributed by atoms with E-state index in [9.17, 15) is 8.42 Å². The third kappa shape index (κ3) is 5.24. The first kappa shape index (κ1) is 17.2. The average molecular weight is 328 g/mol. The van der Waals surface area contributed by atoms with Crippen LogP contribution in [0.3, 0.4) is 0 Å². The molecule has 1 fully saturated rings. The standard InChI is InChI=1S/C15H24N2O4S/c1-20-11-12-21-14-4-6-15(7-5-14)22(18,19)17-10-8-13-3-2-9-16-13/h4-7,13,16-17H,2-3,8-12H2,1H3/t13-/m1/s1. The summed E-state index contributed by atoms with van der Waals surface area (Å²) in [6.45, 7) is 2.42. The SMILES string of the molecule is COCCOc1ccc(S(=O)(=O)NCC[C@H]2CCCN2)cc1. The zero-order valence-corrected chi connectivity index (χ0v) is 13.7. The first-order chi connectivity index (χ1) is 10.6. The van der Waals surface area contributed by atoms with Crippen molar-refractivity contribution in [1.29, 1.82) is 0 Å². The molecule has 1 aliphatic heterocycles. The van der Waals surface area contributed by atoms with Crippen molar-refractivity contribution >= 4 is 10.0 Å². The Morgan fingerprint density at radius 2 is 2.05 bits per heavy atom. The van der Waals surface area contributed by atoms with Crippen LogP contribution in [0.1, 0.15) is 19.3 Å². The number of methoxy groups -OCH3 is 1. The first-order valence-corrected chi connectivity index (χ1v) is 9.05. The summed E-state index contributed by atoms with van der Waals surface area (Å²) >= 11 is 0. The molecule has 1 aromatic rings. The summed E-state index contributed by atoms with van der Waals surface area (Å²) in [6.07, 6.45) is 3.11. The molecule has 7 heteroatoms. The molecule has 1 aliphatic rings. The van der Waals surface area contributed by atoms with E-state index in [1.807, 2.05) is 0 Å². The molecule has 1 heterocycles. The molecule has 0 bridgehead atoms. The molecular formula is C15H24N2O4S. The summed E-state index contributed by atoms with van der Waals surface area (Å²) < 4.78 is 37.3. The van der Waals surface area contributed by atoms with Crippen molar-refractivity contribution in [1.82, 2.24) is 10.0 Å². The zero-order chi connectivity index (χ0) is 15.8. The van der Waals surface area contributed by atoms with Crippen LogP contribution < -0.4 is 14.8 Å². The molecule has 0 aromatic heterocycles. The Kier molecular flexibility index (Phi) is 6.63. The molecule has 1 saturated heterocycles. The van der Waals surface area contributed by atoms with Gasteiger partial charge in [0.05, 0.1) is 11.5 Å². The second kappa shape index (κ2) is 8.47. The maximum Gasteiger partial charge on any atom is 0.240 e. The van der Waals surface area contributed by atoms with Crippen LogP contribution in [0.4, 0.5) is 0 Å². The molecule has 2 rings (SSSR count). The normalized spacial score (nSPS) is 18.5. The highest BCUT2D eigenvalue weighted by Crippen LogP contribution is 2.16. The van der Waals surface area contributed by atoms with Crippen LogP contribution in [0, 0.1) is 0 Å². The Balaban J connectivity index is 1.82. The summed E-state index contributed by atoms with van der Waals surface area (Å²) in [6, 6.07) is 6.85. The van der Waals surface area contributed by atoms with Gasteiger partial charge in [0.25, 0.3) is 0 Å². The molecule has 22 heavy (non-hydrogen) atoms. The number of rotatable bonds is 9. The lowest BCUT2D eigenvalue weighted by atomic mass is 10.2. The van der Waals surface area contributed by atoms with Gasteiger partial charge in [-0.2, -0.15) is 0 Å². The number of benzene rings is 1. The smallest absolute Gasteiger partial charge is 0.240 e. The number of hydrogen-bond donors (Lipinski definition) is 2. The van der Waals surface area contributed by atoms with Gasteiger partial charge in [-0.3, -0.25) is 0 Å². The molecule has 0 unspecified atom stereocenters. The van der Waals surface area contributed by atoms with Crippen LogP contribution in [0.2, 0.25) is 0 Å². The minimum absolute atomic E-state index is 0.256. The molecule has 1 aromatic carbocycles. The Morgan fingerprint density at radius 1 is 1.27 bits per heavy atom. The van der Waals surface area contributed by atoms with Crippen molar-refractivity contribution in [2.24, 2.45) is 0 Å². The average Bonchev–Trinajstić information content (AvgIpc) is 3.01. The third-order valence-corrected chi connectivity index (χ3v) is 5.11. The van der Waals surface area contributed by atoms with Crippen LogP contribution >= 0.6 is 0 Å². The number of sulfonamides is 1. The molecule has 6 nitrogen and oxygen atoms in total. The van der Waals surface area contributed by atoms with Crippen LogP contribution in [-0.2, 0) is 14.8 Å². The fraction of sp³-hybridized carbons (Fsp3) is 0.600. The van der Waals surface area contributed by atoms with Crippen molar-refractivity contribution in [3.8, 4) is 5.75 Å². The molecule has 0 radical (unpaired) electrons. The molecule has 2 N–H and O–H groups in total. The van der Waals surface area contributed by atoms with Gasteiger partial charge in [0, 0.05) is 19.7 Å². The fourth-order valence-electron chi connectivity index (χ4n) is 2.41. The van der Waals surface area contributed by atoms with Gasteiger partial charge in [0.2, 0.25) is 10.0 Å². The number of nitrogens with one attached hydrogen (secondary N) is 2. The Morgan fingerprint density at radius 3 is 2.68 bits per heavy atom. The highest BCUT2D eigenvalue weighted by atomic mass is 32.2. The molecule has 0 amide bonds. The van der Waals surface area contributed by atoms with Crippen molar-refractivity contribution in [3.05, 3.63) is 24.3 Å². The van der Waals surface area contributed by atoms with E-state index in [1.54, 1.807) is 31.4 Å². The maximum atomic E-state index is 12.2. The van der Waals surface area contributed by atoms with Gasteiger partial charge >= 0.3 is 0 Å². The van der Waals surface area contributed by atoms with Gasteiger partial charge in [0.1, 0.15) is 12.4 Å². The second-order valence-corrected chi connectivity index (χ2v) is 7.06. The van der Waals surface area contributed by atoms with E-state index in [0.29, 0.717) is 31.5 Å². The highest BCUT2D eigenvalue weighted by molar-refractivity contribution is 7.89. The van der Waals surface area contributed by atoms with E-state index in [0.717, 1.165) is 19.4 Å². The van der Waals surface area contributed by atoms with Crippen molar-refractivity contribution in [2.45, 2.75) is 30.2 Å². The van der Waals surface area contributed by atoms with Crippen LogP contribution in [-0.4, -0.2) is 47.9 Å². The van der Waals surface area contributed by atoms with E-state index in [-0.39, 0.29) is 4.90 Å². The predicted octanol–water partition coefficient (Wildman–Crippen LogP) is 1.13. The predicted molar refractivity (Wildman–Crippen MR) is 84.6 cm³/mol. The largest absolute Gasteiger partial charge is 0.491 e. The van der Waals surface area contributed by atoms with E-state index in [4.69, 9.17) is 9.47 Å². The molecule has 0 spiro atoms. The molecule has 124 valence electrons. The molecule has 0 saturated carbocycles. The van der Waals surface area contributed by atoms with Gasteiger partial charge in [-0.15, -0.1) is 0 Å². The minimum Gasteiger partial charge on any atom is -0.491 e.